The molecule has 11 nitrogen and oxygen atoms in total. The first-order valence-corrected chi connectivity index (χ1v) is 8.34. The second kappa shape index (κ2) is 7.06. The van der Waals surface area contributed by atoms with Crippen molar-refractivity contribution in [2.45, 2.75) is 38.4 Å². The van der Waals surface area contributed by atoms with Gasteiger partial charge in [-0.1, -0.05) is 0 Å². The van der Waals surface area contributed by atoms with E-state index in [9.17, 15) is 9.36 Å². The van der Waals surface area contributed by atoms with E-state index < -0.39 is 32.8 Å². The van der Waals surface area contributed by atoms with Crippen LogP contribution in [-0.2, 0) is 23.4 Å². The van der Waals surface area contributed by atoms with Crippen LogP contribution in [0.2, 0.25) is 0 Å². The fourth-order valence-electron chi connectivity index (χ4n) is 2.71. The smallest absolute Gasteiger partial charge is 0.374 e. The van der Waals surface area contributed by atoms with E-state index in [0.717, 1.165) is 0 Å². The molecule has 3 heterocycles. The lowest BCUT2D eigenvalue weighted by atomic mass is 10.1. The minimum Gasteiger partial charge on any atom is -0.374 e. The SMILES string of the molecule is [2H]CC1OC(n2cnc3c(NC(C)=O)ncnc32)C(OC)C1O[P+](=O)O. The maximum absolute atomic E-state index is 11.3. The van der Waals surface area contributed by atoms with Crippen molar-refractivity contribution in [1.29, 1.82) is 0 Å². The lowest BCUT2D eigenvalue weighted by Gasteiger charge is -2.19. The number of ether oxygens (including phenoxy) is 2. The molecule has 0 bridgehead atoms. The number of nitrogens with zero attached hydrogens (tertiary/aromatic N) is 4. The summed E-state index contributed by atoms with van der Waals surface area (Å²) in [5, 5.41) is 2.57. The Bertz CT molecular complexity index is 834. The fourth-order valence-corrected chi connectivity index (χ4v) is 3.17. The Balaban J connectivity index is 2.00. The molecule has 2 aromatic heterocycles. The van der Waals surface area contributed by atoms with Gasteiger partial charge in [0.05, 0.1) is 12.4 Å². The van der Waals surface area contributed by atoms with Crippen LogP contribution >= 0.6 is 8.25 Å². The monoisotopic (exact) mass is 371 g/mol. The van der Waals surface area contributed by atoms with Crippen LogP contribution in [0.4, 0.5) is 5.82 Å². The van der Waals surface area contributed by atoms with Crippen molar-refractivity contribution in [3.05, 3.63) is 12.7 Å². The molecule has 2 N–H and O–H groups in total. The van der Waals surface area contributed by atoms with Crippen LogP contribution in [0, 0.1) is 0 Å². The molecule has 12 heteroatoms. The molecule has 0 radical (unpaired) electrons. The molecule has 0 saturated carbocycles. The highest BCUT2D eigenvalue weighted by Gasteiger charge is 2.49. The average molecular weight is 371 g/mol. The van der Waals surface area contributed by atoms with Crippen LogP contribution < -0.4 is 5.32 Å². The van der Waals surface area contributed by atoms with Crippen LogP contribution in [0.15, 0.2) is 12.7 Å². The van der Waals surface area contributed by atoms with E-state index >= 15 is 0 Å². The topological polar surface area (TPSA) is 138 Å². The molecule has 0 aromatic carbocycles. The zero-order chi connectivity index (χ0) is 18.8. The molecular formula is C13H17N5O6P+. The third-order valence-electron chi connectivity index (χ3n) is 3.70. The lowest BCUT2D eigenvalue weighted by Crippen LogP contribution is -2.33. The van der Waals surface area contributed by atoms with E-state index in [0.29, 0.717) is 11.2 Å². The Hall–Kier alpha value is -2.04. The van der Waals surface area contributed by atoms with Gasteiger partial charge >= 0.3 is 8.25 Å². The predicted molar refractivity (Wildman–Crippen MR) is 84.7 cm³/mol. The highest BCUT2D eigenvalue weighted by molar-refractivity contribution is 7.32. The third-order valence-corrected chi connectivity index (χ3v) is 4.12. The molecule has 1 amide bonds. The van der Waals surface area contributed by atoms with Crippen molar-refractivity contribution in [2.24, 2.45) is 0 Å². The molecule has 2 aromatic rings. The average Bonchev–Trinajstić information content (AvgIpc) is 3.15. The van der Waals surface area contributed by atoms with Gasteiger partial charge in [0.15, 0.2) is 29.3 Å². The number of rotatable bonds is 5. The summed E-state index contributed by atoms with van der Waals surface area (Å²) < 4.78 is 36.5. The van der Waals surface area contributed by atoms with Crippen LogP contribution in [0.5, 0.6) is 0 Å². The van der Waals surface area contributed by atoms with Crippen LogP contribution in [0.3, 0.4) is 0 Å². The molecule has 3 rings (SSSR count). The predicted octanol–water partition coefficient (Wildman–Crippen LogP) is 0.752. The van der Waals surface area contributed by atoms with Gasteiger partial charge in [0.2, 0.25) is 5.91 Å². The second-order valence-corrected chi connectivity index (χ2v) is 5.99. The molecule has 5 atom stereocenters. The third kappa shape index (κ3) is 3.37. The zero-order valence-electron chi connectivity index (χ0n) is 14.4. The van der Waals surface area contributed by atoms with Gasteiger partial charge < -0.3 is 14.8 Å². The number of hydrogen-bond acceptors (Lipinski definition) is 8. The van der Waals surface area contributed by atoms with E-state index in [2.05, 4.69) is 20.3 Å². The number of hydrogen-bond donors (Lipinski definition) is 2. The summed E-state index contributed by atoms with van der Waals surface area (Å²) >= 11 is 0. The summed E-state index contributed by atoms with van der Waals surface area (Å²) in [6.45, 7) is 1.16. The first-order valence-electron chi connectivity index (χ1n) is 7.92. The van der Waals surface area contributed by atoms with Crippen LogP contribution in [0.25, 0.3) is 11.2 Å². The van der Waals surface area contributed by atoms with Gasteiger partial charge in [-0.25, -0.2) is 15.0 Å². The van der Waals surface area contributed by atoms with Crippen molar-refractivity contribution >= 4 is 31.1 Å². The van der Waals surface area contributed by atoms with Gasteiger partial charge in [0.25, 0.3) is 0 Å². The second-order valence-electron chi connectivity index (χ2n) is 5.30. The Morgan fingerprint density at radius 3 is 2.92 bits per heavy atom. The zero-order valence-corrected chi connectivity index (χ0v) is 14.3. The first kappa shape index (κ1) is 16.4. The lowest BCUT2D eigenvalue weighted by molar-refractivity contribution is -0.114. The van der Waals surface area contributed by atoms with E-state index in [1.807, 2.05) is 0 Å². The summed E-state index contributed by atoms with van der Waals surface area (Å²) in [4.78, 5) is 32.8. The van der Waals surface area contributed by atoms with Crippen molar-refractivity contribution in [3.8, 4) is 0 Å². The number of carbonyl (C=O) groups is 1. The summed E-state index contributed by atoms with van der Waals surface area (Å²) in [6, 6.07) is 0. The van der Waals surface area contributed by atoms with Gasteiger partial charge in [-0.15, -0.1) is 9.42 Å². The van der Waals surface area contributed by atoms with Crippen LogP contribution in [-0.4, -0.2) is 55.7 Å². The minimum absolute atomic E-state index is 0.192. The van der Waals surface area contributed by atoms with Gasteiger partial charge in [-0.2, -0.15) is 0 Å². The number of amides is 1. The maximum Gasteiger partial charge on any atom is 0.695 e. The molecule has 1 aliphatic rings. The molecular weight excluding hydrogens is 353 g/mol. The maximum atomic E-state index is 11.3. The van der Waals surface area contributed by atoms with Crippen LogP contribution in [0.1, 0.15) is 21.4 Å². The number of aromatic nitrogens is 4. The molecule has 1 aliphatic heterocycles. The van der Waals surface area contributed by atoms with Gasteiger partial charge in [0, 0.05) is 20.0 Å². The molecule has 1 fully saturated rings. The van der Waals surface area contributed by atoms with Crippen molar-refractivity contribution in [1.82, 2.24) is 19.5 Å². The Labute approximate surface area is 144 Å². The molecule has 0 spiro atoms. The van der Waals surface area contributed by atoms with Crippen molar-refractivity contribution < 1.29 is 29.6 Å². The largest absolute Gasteiger partial charge is 0.695 e. The molecule has 1 saturated heterocycles. The number of carbonyl (C=O) groups excluding carboxylic acids is 1. The number of methoxy groups -OCH3 is 1. The van der Waals surface area contributed by atoms with E-state index in [-0.39, 0.29) is 18.6 Å². The summed E-state index contributed by atoms with van der Waals surface area (Å²) in [5.74, 6) is -0.0580. The molecule has 134 valence electrons. The van der Waals surface area contributed by atoms with Gasteiger partial charge in [-0.3, -0.25) is 9.36 Å². The van der Waals surface area contributed by atoms with Crippen molar-refractivity contribution in [2.75, 3.05) is 12.4 Å². The fraction of sp³-hybridized carbons (Fsp3) is 0.538. The highest BCUT2D eigenvalue weighted by atomic mass is 31.1. The quantitative estimate of drug-likeness (QED) is 0.729. The standard InChI is InChI=1S/C13H16N5O6P/c1-6-9(24-25(20)21)10(22-3)13(23-6)18-5-16-8-11(17-7(2)19)14-4-15-12(8)18/h4-6,9-10,13H,1-3H3,(H-,14,15,17,19,20,21)/p+1/i1D. The van der Waals surface area contributed by atoms with E-state index in [4.69, 9.17) is 20.3 Å². The van der Waals surface area contributed by atoms with Crippen molar-refractivity contribution in [3.63, 3.8) is 0 Å². The van der Waals surface area contributed by atoms with E-state index in [1.165, 1.54) is 26.7 Å². The highest BCUT2D eigenvalue weighted by Crippen LogP contribution is 2.38. The molecule has 0 aliphatic carbocycles. The molecule has 25 heavy (non-hydrogen) atoms. The number of fused-ring (bicyclic) bond motifs is 1. The normalized spacial score (nSPS) is 27.3. The molecule has 5 unspecified atom stereocenters. The number of nitrogens with one attached hydrogen (secondary N) is 1. The minimum atomic E-state index is -2.89. The van der Waals surface area contributed by atoms with E-state index in [1.54, 1.807) is 4.57 Å². The number of imidazole rings is 1. The van der Waals surface area contributed by atoms with Gasteiger partial charge in [0.1, 0.15) is 12.4 Å². The number of anilines is 1. The van der Waals surface area contributed by atoms with Gasteiger partial charge in [-0.05, 0) is 6.90 Å². The summed E-state index contributed by atoms with van der Waals surface area (Å²) in [5.41, 5.74) is 0.717. The Kier molecular flexibility index (Phi) is 4.64. The Morgan fingerprint density at radius 2 is 2.28 bits per heavy atom. The summed E-state index contributed by atoms with van der Waals surface area (Å²) in [6.07, 6.45) is -0.545. The summed E-state index contributed by atoms with van der Waals surface area (Å²) in [7, 11) is -1.49. The Morgan fingerprint density at radius 1 is 1.48 bits per heavy atom. The first-order chi connectivity index (χ1) is 12.5.